The Morgan fingerprint density at radius 3 is 2.58 bits per heavy atom. The molecule has 0 amide bonds. The van der Waals surface area contributed by atoms with Crippen molar-refractivity contribution in [2.45, 2.75) is 0 Å². The Hall–Kier alpha value is -3.92. The van der Waals surface area contributed by atoms with Crippen LogP contribution >= 0.6 is 0 Å². The molecule has 2 aromatic carbocycles. The highest BCUT2D eigenvalue weighted by Crippen LogP contribution is 2.28. The second-order valence-electron chi connectivity index (χ2n) is 6.64. The van der Waals surface area contributed by atoms with E-state index in [1.54, 1.807) is 18.2 Å². The van der Waals surface area contributed by atoms with E-state index in [4.69, 9.17) is 9.47 Å². The molecule has 10 heteroatoms. The number of para-hydroxylation sites is 2. The van der Waals surface area contributed by atoms with Gasteiger partial charge < -0.3 is 24.8 Å². The van der Waals surface area contributed by atoms with Crippen LogP contribution in [0.25, 0.3) is 0 Å². The Kier molecular flexibility index (Phi) is 6.38. The summed E-state index contributed by atoms with van der Waals surface area (Å²) in [4.78, 5) is 15.5. The zero-order valence-electron chi connectivity index (χ0n) is 17.0. The fourth-order valence-corrected chi connectivity index (χ4v) is 2.99. The number of hydrazone groups is 1. The lowest BCUT2D eigenvalue weighted by Gasteiger charge is -2.27. The molecule has 4 rings (SSSR count). The number of rotatable bonds is 7. The van der Waals surface area contributed by atoms with Crippen LogP contribution in [0.3, 0.4) is 0 Å². The first-order valence-corrected chi connectivity index (χ1v) is 9.79. The number of nitrogens with one attached hydrogen (secondary N) is 2. The molecule has 0 atom stereocenters. The third-order valence-electron chi connectivity index (χ3n) is 4.57. The van der Waals surface area contributed by atoms with Gasteiger partial charge in [-0.1, -0.05) is 24.3 Å². The molecular weight excluding hydrogens is 398 g/mol. The fraction of sp³-hybridized carbons (Fsp3) is 0.238. The summed E-state index contributed by atoms with van der Waals surface area (Å²) in [5, 5.41) is 17.6. The largest absolute Gasteiger partial charge is 0.504 e. The van der Waals surface area contributed by atoms with Crippen molar-refractivity contribution in [1.82, 2.24) is 15.0 Å². The highest BCUT2D eigenvalue weighted by atomic mass is 16.5. The molecule has 160 valence electrons. The molecule has 0 bridgehead atoms. The lowest BCUT2D eigenvalue weighted by atomic mass is 10.2. The van der Waals surface area contributed by atoms with Crippen LogP contribution in [0.15, 0.2) is 53.6 Å². The molecule has 0 radical (unpaired) electrons. The summed E-state index contributed by atoms with van der Waals surface area (Å²) < 4.78 is 10.5. The van der Waals surface area contributed by atoms with Crippen molar-refractivity contribution in [3.63, 3.8) is 0 Å². The van der Waals surface area contributed by atoms with Gasteiger partial charge in [-0.3, -0.25) is 0 Å². The molecule has 1 aliphatic rings. The standard InChI is InChI=1S/C21H23N7O3/c1-30-17-9-5-6-15(18(17)29)14-22-27-20-24-19(23-16-7-3-2-4-8-16)25-21(26-20)28-10-12-31-13-11-28/h2-9,14,29H,10-13H2,1H3,(H2,23,24,25,26,27). The van der Waals surface area contributed by atoms with E-state index in [1.165, 1.54) is 13.3 Å². The molecule has 2 heterocycles. The van der Waals surface area contributed by atoms with Crippen LogP contribution in [0, 0.1) is 0 Å². The Balaban J connectivity index is 1.57. The number of benzene rings is 2. The smallest absolute Gasteiger partial charge is 0.250 e. The van der Waals surface area contributed by atoms with Crippen molar-refractivity contribution in [2.75, 3.05) is 49.1 Å². The molecule has 1 saturated heterocycles. The number of hydrogen-bond donors (Lipinski definition) is 3. The molecule has 0 spiro atoms. The van der Waals surface area contributed by atoms with Crippen LogP contribution in [0.5, 0.6) is 11.5 Å². The Morgan fingerprint density at radius 1 is 1.03 bits per heavy atom. The van der Waals surface area contributed by atoms with Crippen LogP contribution in [-0.4, -0.2) is 59.7 Å². The van der Waals surface area contributed by atoms with Gasteiger partial charge in [0, 0.05) is 24.3 Å². The van der Waals surface area contributed by atoms with Crippen molar-refractivity contribution in [1.29, 1.82) is 0 Å². The molecule has 0 unspecified atom stereocenters. The highest BCUT2D eigenvalue weighted by molar-refractivity contribution is 5.85. The van der Waals surface area contributed by atoms with Crippen LogP contribution in [0.2, 0.25) is 0 Å². The lowest BCUT2D eigenvalue weighted by molar-refractivity contribution is 0.122. The molecule has 1 aliphatic heterocycles. The predicted octanol–water partition coefficient (Wildman–Crippen LogP) is 2.61. The summed E-state index contributed by atoms with van der Waals surface area (Å²) in [6.07, 6.45) is 1.47. The van der Waals surface area contributed by atoms with E-state index in [0.717, 1.165) is 5.69 Å². The number of phenolic OH excluding ortho intramolecular Hbond substituents is 1. The maximum Gasteiger partial charge on any atom is 0.250 e. The summed E-state index contributed by atoms with van der Waals surface area (Å²) in [6, 6.07) is 14.8. The van der Waals surface area contributed by atoms with Gasteiger partial charge in [0.15, 0.2) is 11.5 Å². The zero-order valence-corrected chi connectivity index (χ0v) is 17.0. The number of methoxy groups -OCH3 is 1. The summed E-state index contributed by atoms with van der Waals surface area (Å²) in [6.45, 7) is 2.61. The van der Waals surface area contributed by atoms with E-state index < -0.39 is 0 Å². The third-order valence-corrected chi connectivity index (χ3v) is 4.57. The average Bonchev–Trinajstić information content (AvgIpc) is 2.81. The normalized spacial score (nSPS) is 13.9. The lowest BCUT2D eigenvalue weighted by Crippen LogP contribution is -2.37. The van der Waals surface area contributed by atoms with Crippen LogP contribution in [-0.2, 0) is 4.74 Å². The average molecular weight is 421 g/mol. The number of ether oxygens (including phenoxy) is 2. The van der Waals surface area contributed by atoms with Crippen molar-refractivity contribution >= 4 is 29.7 Å². The quantitative estimate of drug-likeness (QED) is 0.391. The summed E-state index contributed by atoms with van der Waals surface area (Å²) >= 11 is 0. The van der Waals surface area contributed by atoms with E-state index in [0.29, 0.717) is 49.5 Å². The molecular formula is C21H23N7O3. The second kappa shape index (κ2) is 9.72. The van der Waals surface area contributed by atoms with Gasteiger partial charge in [0.25, 0.3) is 0 Å². The first-order chi connectivity index (χ1) is 15.2. The second-order valence-corrected chi connectivity index (χ2v) is 6.64. The number of aromatic hydroxyl groups is 1. The molecule has 3 aromatic rings. The Labute approximate surface area is 179 Å². The maximum absolute atomic E-state index is 10.2. The van der Waals surface area contributed by atoms with Crippen LogP contribution in [0.1, 0.15) is 5.56 Å². The monoisotopic (exact) mass is 421 g/mol. The van der Waals surface area contributed by atoms with E-state index in [9.17, 15) is 5.11 Å². The van der Waals surface area contributed by atoms with Crippen molar-refractivity contribution in [3.8, 4) is 11.5 Å². The van der Waals surface area contributed by atoms with E-state index in [2.05, 4.69) is 30.8 Å². The first kappa shape index (κ1) is 20.4. The molecule has 10 nitrogen and oxygen atoms in total. The number of morpholine rings is 1. The zero-order chi connectivity index (χ0) is 21.5. The minimum Gasteiger partial charge on any atom is -0.504 e. The maximum atomic E-state index is 10.2. The van der Waals surface area contributed by atoms with Crippen molar-refractivity contribution in [2.24, 2.45) is 5.10 Å². The van der Waals surface area contributed by atoms with E-state index in [1.807, 2.05) is 35.2 Å². The van der Waals surface area contributed by atoms with Gasteiger partial charge in [-0.2, -0.15) is 20.1 Å². The molecule has 0 saturated carbocycles. The van der Waals surface area contributed by atoms with Gasteiger partial charge in [-0.05, 0) is 24.3 Å². The SMILES string of the molecule is COc1cccc(C=NNc2nc(Nc3ccccc3)nc(N3CCOCC3)n2)c1O. The topological polar surface area (TPSA) is 117 Å². The van der Waals surface area contributed by atoms with Crippen molar-refractivity contribution in [3.05, 3.63) is 54.1 Å². The highest BCUT2D eigenvalue weighted by Gasteiger charge is 2.16. The molecule has 31 heavy (non-hydrogen) atoms. The Morgan fingerprint density at radius 2 is 1.81 bits per heavy atom. The summed E-state index contributed by atoms with van der Waals surface area (Å²) in [5.74, 6) is 1.57. The number of phenols is 1. The van der Waals surface area contributed by atoms with E-state index in [-0.39, 0.29) is 11.7 Å². The van der Waals surface area contributed by atoms with Gasteiger partial charge in [0.2, 0.25) is 17.8 Å². The van der Waals surface area contributed by atoms with E-state index >= 15 is 0 Å². The van der Waals surface area contributed by atoms with Crippen LogP contribution < -0.4 is 20.4 Å². The van der Waals surface area contributed by atoms with Crippen LogP contribution in [0.4, 0.5) is 23.5 Å². The van der Waals surface area contributed by atoms with Gasteiger partial charge in [0.05, 0.1) is 26.5 Å². The van der Waals surface area contributed by atoms with Gasteiger partial charge >= 0.3 is 0 Å². The first-order valence-electron chi connectivity index (χ1n) is 9.79. The molecule has 0 aliphatic carbocycles. The molecule has 1 aromatic heterocycles. The molecule has 3 N–H and O–H groups in total. The predicted molar refractivity (Wildman–Crippen MR) is 118 cm³/mol. The van der Waals surface area contributed by atoms with Gasteiger partial charge in [-0.15, -0.1) is 0 Å². The fourth-order valence-electron chi connectivity index (χ4n) is 2.99. The minimum absolute atomic E-state index is 0.00614. The van der Waals surface area contributed by atoms with Gasteiger partial charge in [-0.25, -0.2) is 5.43 Å². The van der Waals surface area contributed by atoms with Crippen molar-refractivity contribution < 1.29 is 14.6 Å². The molecule has 1 fully saturated rings. The summed E-state index contributed by atoms with van der Waals surface area (Å²) in [5.41, 5.74) is 4.18. The number of hydrogen-bond acceptors (Lipinski definition) is 10. The van der Waals surface area contributed by atoms with Gasteiger partial charge in [0.1, 0.15) is 0 Å². The number of aromatic nitrogens is 3. The number of nitrogens with zero attached hydrogens (tertiary/aromatic N) is 5. The third kappa shape index (κ3) is 5.17. The summed E-state index contributed by atoms with van der Waals surface area (Å²) in [7, 11) is 1.49. The number of anilines is 4. The minimum atomic E-state index is 0.00614. The Bertz CT molecular complexity index is 1040.